The lowest BCUT2D eigenvalue weighted by molar-refractivity contribution is 0.0982. The Morgan fingerprint density at radius 3 is 2.71 bits per heavy atom. The van der Waals surface area contributed by atoms with E-state index in [1.165, 1.54) is 0 Å². The lowest BCUT2D eigenvalue weighted by Gasteiger charge is -2.32. The van der Waals surface area contributed by atoms with Crippen molar-refractivity contribution in [3.63, 3.8) is 0 Å². The summed E-state index contributed by atoms with van der Waals surface area (Å²) in [5, 5.41) is 0. The molecule has 0 atom stereocenters. The van der Waals surface area contributed by atoms with E-state index in [0.29, 0.717) is 5.88 Å². The first-order valence-corrected chi connectivity index (χ1v) is 7.44. The number of nitrogens with zero attached hydrogens (tertiary/aromatic N) is 2. The molecule has 2 aromatic rings. The van der Waals surface area contributed by atoms with Crippen LogP contribution in [0.2, 0.25) is 0 Å². The smallest absolute Gasteiger partial charge is 0.259 e. The first-order valence-electron chi connectivity index (χ1n) is 6.90. The Bertz CT molecular complexity index is 724. The van der Waals surface area contributed by atoms with Crippen LogP contribution in [0.4, 0.5) is 5.69 Å². The fourth-order valence-corrected chi connectivity index (χ4v) is 3.12. The van der Waals surface area contributed by atoms with Gasteiger partial charge in [-0.1, -0.05) is 17.7 Å². The van der Waals surface area contributed by atoms with Crippen LogP contribution in [0.15, 0.2) is 36.7 Å². The molecule has 0 bridgehead atoms. The maximum Gasteiger partial charge on any atom is 0.259 e. The molecular weight excluding hydrogens is 284 g/mol. The Labute approximate surface area is 129 Å². The fourth-order valence-electron chi connectivity index (χ4n) is 2.97. The van der Waals surface area contributed by atoms with Crippen molar-refractivity contribution < 1.29 is 4.79 Å². The van der Waals surface area contributed by atoms with Crippen molar-refractivity contribution in [2.24, 2.45) is 0 Å². The molecule has 2 heterocycles. The number of aryl methyl sites for hydroxylation is 1. The molecule has 3 rings (SSSR count). The van der Waals surface area contributed by atoms with Crippen LogP contribution in [0.3, 0.4) is 0 Å². The summed E-state index contributed by atoms with van der Waals surface area (Å²) in [7, 11) is 0. The van der Waals surface area contributed by atoms with Gasteiger partial charge in [-0.05, 0) is 44.0 Å². The van der Waals surface area contributed by atoms with E-state index >= 15 is 0 Å². The average molecular weight is 301 g/mol. The Balaban J connectivity index is 2.14. The highest BCUT2D eigenvalue weighted by Gasteiger charge is 2.43. The van der Waals surface area contributed by atoms with E-state index in [1.807, 2.05) is 31.2 Å². The van der Waals surface area contributed by atoms with Crippen molar-refractivity contribution in [2.45, 2.75) is 32.2 Å². The Kier molecular flexibility index (Phi) is 3.25. The number of anilines is 1. The van der Waals surface area contributed by atoms with Crippen LogP contribution in [0.1, 0.15) is 40.9 Å². The standard InChI is InChI=1S/C17H17ClN2O/c1-11-4-5-15-14(6-11)16(21)20(17(15,2)3)13-7-12(8-18)9-19-10-13/h4-7,9-10H,8H2,1-3H3. The number of pyridine rings is 1. The quantitative estimate of drug-likeness (QED) is 0.785. The number of alkyl halides is 1. The van der Waals surface area contributed by atoms with Crippen LogP contribution in [0, 0.1) is 6.92 Å². The molecule has 0 radical (unpaired) electrons. The molecule has 1 aliphatic heterocycles. The van der Waals surface area contributed by atoms with Gasteiger partial charge in [0.15, 0.2) is 0 Å². The maximum atomic E-state index is 12.8. The molecule has 0 N–H and O–H groups in total. The van der Waals surface area contributed by atoms with Crippen LogP contribution in [0.25, 0.3) is 0 Å². The minimum absolute atomic E-state index is 0.0206. The molecule has 3 nitrogen and oxygen atoms in total. The van der Waals surface area contributed by atoms with Crippen molar-refractivity contribution in [3.8, 4) is 0 Å². The third kappa shape index (κ3) is 2.12. The van der Waals surface area contributed by atoms with Gasteiger partial charge in [0.05, 0.1) is 17.4 Å². The lowest BCUT2D eigenvalue weighted by Crippen LogP contribution is -2.39. The molecule has 0 saturated carbocycles. The fraction of sp³-hybridized carbons (Fsp3) is 0.294. The number of rotatable bonds is 2. The topological polar surface area (TPSA) is 33.2 Å². The predicted octanol–water partition coefficient (Wildman–Crippen LogP) is 4.02. The van der Waals surface area contributed by atoms with E-state index in [-0.39, 0.29) is 5.91 Å². The van der Waals surface area contributed by atoms with Gasteiger partial charge in [0, 0.05) is 17.6 Å². The molecule has 0 spiro atoms. The second-order valence-electron chi connectivity index (χ2n) is 5.93. The van der Waals surface area contributed by atoms with E-state index in [1.54, 1.807) is 17.3 Å². The molecule has 108 valence electrons. The summed E-state index contributed by atoms with van der Waals surface area (Å²) >= 11 is 5.88. The number of hydrogen-bond donors (Lipinski definition) is 0. The zero-order valence-electron chi connectivity index (χ0n) is 12.4. The summed E-state index contributed by atoms with van der Waals surface area (Å²) < 4.78 is 0. The van der Waals surface area contributed by atoms with Crippen molar-refractivity contribution >= 4 is 23.2 Å². The van der Waals surface area contributed by atoms with Crippen LogP contribution < -0.4 is 4.90 Å². The maximum absolute atomic E-state index is 12.8. The number of fused-ring (bicyclic) bond motifs is 1. The van der Waals surface area contributed by atoms with Gasteiger partial charge in [0.2, 0.25) is 0 Å². The van der Waals surface area contributed by atoms with E-state index in [9.17, 15) is 4.79 Å². The molecule has 1 aromatic heterocycles. The number of halogens is 1. The Morgan fingerprint density at radius 2 is 2.00 bits per heavy atom. The molecule has 0 unspecified atom stereocenters. The third-order valence-corrected chi connectivity index (χ3v) is 4.33. The van der Waals surface area contributed by atoms with Crippen LogP contribution >= 0.6 is 11.6 Å². The van der Waals surface area contributed by atoms with Gasteiger partial charge in [-0.2, -0.15) is 0 Å². The minimum Gasteiger partial charge on any atom is -0.297 e. The zero-order valence-corrected chi connectivity index (χ0v) is 13.1. The Hall–Kier alpha value is -1.87. The summed E-state index contributed by atoms with van der Waals surface area (Å²) in [6.45, 7) is 6.11. The second-order valence-corrected chi connectivity index (χ2v) is 6.20. The van der Waals surface area contributed by atoms with Gasteiger partial charge in [0.1, 0.15) is 0 Å². The SMILES string of the molecule is Cc1ccc2c(c1)C(=O)N(c1cncc(CCl)c1)C2(C)C. The summed E-state index contributed by atoms with van der Waals surface area (Å²) in [5.41, 5.74) is 4.21. The van der Waals surface area contributed by atoms with Gasteiger partial charge in [-0.25, -0.2) is 0 Å². The first-order chi connectivity index (χ1) is 9.95. The van der Waals surface area contributed by atoms with Gasteiger partial charge in [-0.3, -0.25) is 14.7 Å². The second kappa shape index (κ2) is 4.85. The van der Waals surface area contributed by atoms with Gasteiger partial charge >= 0.3 is 0 Å². The monoisotopic (exact) mass is 300 g/mol. The summed E-state index contributed by atoms with van der Waals surface area (Å²) in [6.07, 6.45) is 3.44. The molecule has 1 aromatic carbocycles. The van der Waals surface area contributed by atoms with E-state index in [4.69, 9.17) is 11.6 Å². The Morgan fingerprint density at radius 1 is 1.24 bits per heavy atom. The average Bonchev–Trinajstić information content (AvgIpc) is 2.65. The molecule has 21 heavy (non-hydrogen) atoms. The molecule has 0 aliphatic carbocycles. The van der Waals surface area contributed by atoms with E-state index < -0.39 is 5.54 Å². The van der Waals surface area contributed by atoms with Crippen molar-refractivity contribution in [1.82, 2.24) is 4.98 Å². The van der Waals surface area contributed by atoms with E-state index in [0.717, 1.165) is 27.9 Å². The number of benzene rings is 1. The van der Waals surface area contributed by atoms with Crippen LogP contribution in [-0.2, 0) is 11.4 Å². The van der Waals surface area contributed by atoms with Crippen LogP contribution in [-0.4, -0.2) is 10.9 Å². The van der Waals surface area contributed by atoms with Gasteiger partial charge in [0.25, 0.3) is 5.91 Å². The lowest BCUT2D eigenvalue weighted by atomic mass is 9.92. The molecule has 1 aliphatic rings. The number of aromatic nitrogens is 1. The molecular formula is C17H17ClN2O. The minimum atomic E-state index is -0.396. The van der Waals surface area contributed by atoms with Crippen molar-refractivity contribution in [3.05, 3.63) is 58.9 Å². The number of amides is 1. The summed E-state index contributed by atoms with van der Waals surface area (Å²) in [5.74, 6) is 0.405. The van der Waals surface area contributed by atoms with E-state index in [2.05, 4.69) is 18.8 Å². The van der Waals surface area contributed by atoms with Crippen molar-refractivity contribution in [2.75, 3.05) is 4.90 Å². The van der Waals surface area contributed by atoms with Crippen molar-refractivity contribution in [1.29, 1.82) is 0 Å². The largest absolute Gasteiger partial charge is 0.297 e. The third-order valence-electron chi connectivity index (χ3n) is 4.02. The molecule has 1 amide bonds. The van der Waals surface area contributed by atoms with Gasteiger partial charge in [-0.15, -0.1) is 11.6 Å². The summed E-state index contributed by atoms with van der Waals surface area (Å²) in [6, 6.07) is 7.98. The number of carbonyl (C=O) groups is 1. The highest BCUT2D eigenvalue weighted by molar-refractivity contribution is 6.17. The highest BCUT2D eigenvalue weighted by Crippen LogP contribution is 2.42. The van der Waals surface area contributed by atoms with Crippen LogP contribution in [0.5, 0.6) is 0 Å². The molecule has 4 heteroatoms. The zero-order chi connectivity index (χ0) is 15.2. The number of carbonyl (C=O) groups excluding carboxylic acids is 1. The molecule has 0 saturated heterocycles. The number of hydrogen-bond acceptors (Lipinski definition) is 2. The van der Waals surface area contributed by atoms with Gasteiger partial charge < -0.3 is 0 Å². The highest BCUT2D eigenvalue weighted by atomic mass is 35.5. The normalized spacial score (nSPS) is 16.2. The summed E-state index contributed by atoms with van der Waals surface area (Å²) in [4.78, 5) is 18.8. The molecule has 0 fully saturated rings. The predicted molar refractivity (Wildman–Crippen MR) is 84.8 cm³/mol. The first kappa shape index (κ1) is 14.1.